The summed E-state index contributed by atoms with van der Waals surface area (Å²) >= 11 is 1.63. The van der Waals surface area contributed by atoms with Gasteiger partial charge in [0, 0.05) is 22.2 Å². The minimum absolute atomic E-state index is 0.00340. The molecule has 0 aliphatic carbocycles. The molecule has 0 aliphatic rings. The van der Waals surface area contributed by atoms with Crippen LogP contribution in [-0.2, 0) is 10.8 Å². The van der Waals surface area contributed by atoms with E-state index in [0.717, 1.165) is 38.0 Å². The highest BCUT2D eigenvalue weighted by Gasteiger charge is 2.22. The first kappa shape index (κ1) is 27.7. The smallest absolute Gasteiger partial charge is 0.124 e. The molecule has 2 aromatic heterocycles. The van der Waals surface area contributed by atoms with Gasteiger partial charge in [-0.1, -0.05) is 102 Å². The standard InChI is InChI=1S/C36H36N2OS/c1-35(2,3)27-18-25(19-28(23-27)36(4,5)6)26-21-31(38-32(22-26)30-14-7-8-15-33(30)39)24-12-11-13-29(20-24)40-34-16-9-10-17-37-34/h7-23,39H,1-6H3. The summed E-state index contributed by atoms with van der Waals surface area (Å²) in [6.07, 6.45) is 1.81. The molecule has 5 rings (SSSR count). The number of phenols is 1. The number of para-hydroxylation sites is 1. The number of rotatable bonds is 5. The van der Waals surface area contributed by atoms with Crippen molar-refractivity contribution >= 4 is 11.8 Å². The average Bonchev–Trinajstić information content (AvgIpc) is 2.92. The largest absolute Gasteiger partial charge is 0.507 e. The van der Waals surface area contributed by atoms with Crippen LogP contribution in [0.15, 0.2) is 113 Å². The van der Waals surface area contributed by atoms with Crippen molar-refractivity contribution in [2.24, 2.45) is 0 Å². The van der Waals surface area contributed by atoms with Crippen molar-refractivity contribution in [3.63, 3.8) is 0 Å². The number of aromatic hydroxyl groups is 1. The van der Waals surface area contributed by atoms with Gasteiger partial charge < -0.3 is 5.11 Å². The Bertz CT molecular complexity index is 1610. The van der Waals surface area contributed by atoms with Crippen LogP contribution in [0.4, 0.5) is 0 Å². The van der Waals surface area contributed by atoms with E-state index in [1.165, 1.54) is 11.1 Å². The number of benzene rings is 3. The van der Waals surface area contributed by atoms with Gasteiger partial charge in [-0.3, -0.25) is 0 Å². The SMILES string of the molecule is CC(C)(C)c1cc(-c2cc(-c3cccc(Sc4ccccn4)c3)nc(-c3ccccc3O)c2)cc(C(C)(C)C)c1. The maximum absolute atomic E-state index is 10.7. The lowest BCUT2D eigenvalue weighted by molar-refractivity contribution is 0.477. The maximum Gasteiger partial charge on any atom is 0.124 e. The third-order valence-corrected chi connectivity index (χ3v) is 7.93. The van der Waals surface area contributed by atoms with Gasteiger partial charge in [0.25, 0.3) is 0 Å². The lowest BCUT2D eigenvalue weighted by Gasteiger charge is -2.26. The average molecular weight is 545 g/mol. The summed E-state index contributed by atoms with van der Waals surface area (Å²) in [5.74, 6) is 0.219. The molecule has 40 heavy (non-hydrogen) atoms. The molecule has 3 aromatic carbocycles. The molecular weight excluding hydrogens is 508 g/mol. The van der Waals surface area contributed by atoms with Crippen molar-refractivity contribution in [2.45, 2.75) is 62.3 Å². The van der Waals surface area contributed by atoms with Crippen molar-refractivity contribution < 1.29 is 5.11 Å². The van der Waals surface area contributed by atoms with Crippen molar-refractivity contribution in [3.8, 4) is 39.4 Å². The molecule has 0 radical (unpaired) electrons. The molecule has 0 bridgehead atoms. The fourth-order valence-electron chi connectivity index (χ4n) is 4.58. The Kier molecular flexibility index (Phi) is 7.57. The van der Waals surface area contributed by atoms with Crippen LogP contribution in [-0.4, -0.2) is 15.1 Å². The van der Waals surface area contributed by atoms with E-state index in [9.17, 15) is 5.11 Å². The van der Waals surface area contributed by atoms with Gasteiger partial charge in [-0.2, -0.15) is 0 Å². The zero-order chi connectivity index (χ0) is 28.5. The number of nitrogens with zero attached hydrogens (tertiary/aromatic N) is 2. The molecule has 4 heteroatoms. The Hall–Kier alpha value is -3.89. The van der Waals surface area contributed by atoms with E-state index in [2.05, 4.69) is 101 Å². The van der Waals surface area contributed by atoms with Crippen LogP contribution < -0.4 is 0 Å². The molecule has 3 nitrogen and oxygen atoms in total. The Morgan fingerprint density at radius 2 is 1.25 bits per heavy atom. The third kappa shape index (κ3) is 6.29. The predicted molar refractivity (Wildman–Crippen MR) is 168 cm³/mol. The van der Waals surface area contributed by atoms with E-state index in [1.54, 1.807) is 17.8 Å². The van der Waals surface area contributed by atoms with Gasteiger partial charge in [-0.25, -0.2) is 9.97 Å². The minimum atomic E-state index is 0.00340. The quantitative estimate of drug-likeness (QED) is 0.239. The molecule has 1 N–H and O–H groups in total. The zero-order valence-corrected chi connectivity index (χ0v) is 24.9. The first-order chi connectivity index (χ1) is 19.0. The van der Waals surface area contributed by atoms with Crippen molar-refractivity contribution in [2.75, 3.05) is 0 Å². The molecule has 0 fully saturated rings. The molecule has 5 aromatic rings. The fraction of sp³-hybridized carbons (Fsp3) is 0.222. The summed E-state index contributed by atoms with van der Waals surface area (Å²) in [5.41, 5.74) is 8.16. The van der Waals surface area contributed by atoms with Crippen LogP contribution >= 0.6 is 11.8 Å². The number of hydrogen-bond acceptors (Lipinski definition) is 4. The van der Waals surface area contributed by atoms with Gasteiger partial charge in [0.1, 0.15) is 10.8 Å². The molecule has 0 atom stereocenters. The van der Waals surface area contributed by atoms with Gasteiger partial charge in [0.05, 0.1) is 11.4 Å². The van der Waals surface area contributed by atoms with Crippen LogP contribution in [0, 0.1) is 0 Å². The second-order valence-corrected chi connectivity index (χ2v) is 13.3. The highest BCUT2D eigenvalue weighted by atomic mass is 32.2. The van der Waals surface area contributed by atoms with Crippen LogP contribution in [0.3, 0.4) is 0 Å². The Labute approximate surface area is 242 Å². The summed E-state index contributed by atoms with van der Waals surface area (Å²) in [7, 11) is 0. The maximum atomic E-state index is 10.7. The first-order valence-corrected chi connectivity index (χ1v) is 14.5. The molecule has 202 valence electrons. The lowest BCUT2D eigenvalue weighted by Crippen LogP contribution is -2.16. The van der Waals surface area contributed by atoms with E-state index < -0.39 is 0 Å². The van der Waals surface area contributed by atoms with E-state index in [-0.39, 0.29) is 16.6 Å². The molecule has 0 amide bonds. The Morgan fingerprint density at radius 3 is 1.90 bits per heavy atom. The summed E-state index contributed by atoms with van der Waals surface area (Å²) in [5, 5.41) is 11.7. The summed E-state index contributed by atoms with van der Waals surface area (Å²) in [6.45, 7) is 13.6. The van der Waals surface area contributed by atoms with E-state index >= 15 is 0 Å². The molecule has 0 saturated carbocycles. The second kappa shape index (κ2) is 10.9. The zero-order valence-electron chi connectivity index (χ0n) is 24.1. The number of hydrogen-bond donors (Lipinski definition) is 1. The molecule has 0 aliphatic heterocycles. The molecule has 0 unspecified atom stereocenters. The van der Waals surface area contributed by atoms with Gasteiger partial charge in [0.15, 0.2) is 0 Å². The fourth-order valence-corrected chi connectivity index (χ4v) is 5.41. The molecule has 0 spiro atoms. The van der Waals surface area contributed by atoms with Gasteiger partial charge in [0.2, 0.25) is 0 Å². The van der Waals surface area contributed by atoms with E-state index in [4.69, 9.17) is 4.98 Å². The van der Waals surface area contributed by atoms with Crippen molar-refractivity contribution in [1.82, 2.24) is 9.97 Å². The number of pyridine rings is 2. The topological polar surface area (TPSA) is 46.0 Å². The Balaban J connectivity index is 1.69. The second-order valence-electron chi connectivity index (χ2n) is 12.2. The first-order valence-electron chi connectivity index (χ1n) is 13.6. The van der Waals surface area contributed by atoms with Crippen LogP contribution in [0.1, 0.15) is 52.7 Å². The van der Waals surface area contributed by atoms with Gasteiger partial charge in [-0.15, -0.1) is 0 Å². The summed E-state index contributed by atoms with van der Waals surface area (Å²) in [6, 6.07) is 33.0. The van der Waals surface area contributed by atoms with Gasteiger partial charge in [-0.05, 0) is 81.6 Å². The number of aromatic nitrogens is 2. The highest BCUT2D eigenvalue weighted by molar-refractivity contribution is 7.99. The van der Waals surface area contributed by atoms with Crippen molar-refractivity contribution in [3.05, 3.63) is 114 Å². The van der Waals surface area contributed by atoms with E-state index in [1.807, 2.05) is 42.6 Å². The minimum Gasteiger partial charge on any atom is -0.507 e. The monoisotopic (exact) mass is 544 g/mol. The van der Waals surface area contributed by atoms with E-state index in [0.29, 0.717) is 5.56 Å². The number of phenolic OH excluding ortho intramolecular Hbond substituents is 1. The summed E-state index contributed by atoms with van der Waals surface area (Å²) < 4.78 is 0. The lowest BCUT2D eigenvalue weighted by atomic mass is 9.79. The predicted octanol–water partition coefficient (Wildman–Crippen LogP) is 9.93. The summed E-state index contributed by atoms with van der Waals surface area (Å²) in [4.78, 5) is 10.6. The van der Waals surface area contributed by atoms with Crippen LogP contribution in [0.5, 0.6) is 5.75 Å². The molecule has 2 heterocycles. The van der Waals surface area contributed by atoms with Crippen molar-refractivity contribution in [1.29, 1.82) is 0 Å². The normalized spacial score (nSPS) is 11.9. The highest BCUT2D eigenvalue weighted by Crippen LogP contribution is 2.38. The van der Waals surface area contributed by atoms with Crippen LogP contribution in [0.2, 0.25) is 0 Å². The van der Waals surface area contributed by atoms with Gasteiger partial charge >= 0.3 is 0 Å². The third-order valence-electron chi connectivity index (χ3n) is 6.99. The Morgan fingerprint density at radius 1 is 0.600 bits per heavy atom. The molecule has 0 saturated heterocycles. The van der Waals surface area contributed by atoms with Crippen LogP contribution in [0.25, 0.3) is 33.6 Å². The molecular formula is C36H36N2OS.